The van der Waals surface area contributed by atoms with Gasteiger partial charge in [0.1, 0.15) is 0 Å². The molecule has 0 N–H and O–H groups in total. The van der Waals surface area contributed by atoms with Crippen LogP contribution in [0.4, 0.5) is 0 Å². The van der Waals surface area contributed by atoms with E-state index in [-0.39, 0.29) is 5.54 Å². The third kappa shape index (κ3) is 2.65. The Morgan fingerprint density at radius 1 is 1.33 bits per heavy atom. The van der Waals surface area contributed by atoms with Crippen molar-refractivity contribution in [2.24, 2.45) is 0 Å². The summed E-state index contributed by atoms with van der Waals surface area (Å²) in [6, 6.07) is 0. The fourth-order valence-corrected chi connectivity index (χ4v) is 2.87. The molecular formula is C11H18IN2O-. The Hall–Kier alpha value is 0.190. The SMILES string of the molecule is CC1(N2CCN(I)CC2)CC=C([O-])CC1. The van der Waals surface area contributed by atoms with E-state index in [0.29, 0.717) is 5.76 Å². The number of allylic oxidation sites excluding steroid dienone is 1. The van der Waals surface area contributed by atoms with Gasteiger partial charge in [-0.3, -0.25) is 4.90 Å². The first-order valence-electron chi connectivity index (χ1n) is 5.62. The summed E-state index contributed by atoms with van der Waals surface area (Å²) in [5, 5.41) is 11.2. The van der Waals surface area contributed by atoms with Gasteiger partial charge in [-0.05, 0) is 26.2 Å². The van der Waals surface area contributed by atoms with Gasteiger partial charge in [-0.15, -0.1) is 5.76 Å². The molecular weight excluding hydrogens is 303 g/mol. The molecule has 2 rings (SSSR count). The topological polar surface area (TPSA) is 29.5 Å². The minimum Gasteiger partial charge on any atom is -0.876 e. The van der Waals surface area contributed by atoms with Crippen LogP contribution in [-0.4, -0.2) is 39.7 Å². The predicted molar refractivity (Wildman–Crippen MR) is 67.5 cm³/mol. The Morgan fingerprint density at radius 2 is 2.00 bits per heavy atom. The van der Waals surface area contributed by atoms with Crippen molar-refractivity contribution in [2.75, 3.05) is 26.2 Å². The zero-order valence-corrected chi connectivity index (χ0v) is 11.4. The first-order valence-corrected chi connectivity index (χ1v) is 6.58. The Kier molecular flexibility index (Phi) is 3.57. The lowest BCUT2D eigenvalue weighted by Gasteiger charge is -2.47. The smallest absolute Gasteiger partial charge is 0.0219 e. The van der Waals surface area contributed by atoms with Gasteiger partial charge >= 0.3 is 0 Å². The van der Waals surface area contributed by atoms with E-state index >= 15 is 0 Å². The number of piperazine rings is 1. The highest BCUT2D eigenvalue weighted by Crippen LogP contribution is 2.32. The van der Waals surface area contributed by atoms with Crippen molar-refractivity contribution < 1.29 is 5.11 Å². The first-order chi connectivity index (χ1) is 7.10. The molecule has 0 bridgehead atoms. The molecule has 1 aliphatic carbocycles. The molecule has 0 spiro atoms. The van der Waals surface area contributed by atoms with Crippen LogP contribution in [-0.2, 0) is 0 Å². The van der Waals surface area contributed by atoms with Gasteiger partial charge in [0.2, 0.25) is 0 Å². The summed E-state index contributed by atoms with van der Waals surface area (Å²) in [7, 11) is 0. The zero-order valence-electron chi connectivity index (χ0n) is 9.21. The summed E-state index contributed by atoms with van der Waals surface area (Å²) in [4.78, 5) is 2.56. The van der Waals surface area contributed by atoms with Crippen molar-refractivity contribution in [3.05, 3.63) is 11.8 Å². The van der Waals surface area contributed by atoms with Gasteiger partial charge in [0, 0.05) is 54.6 Å². The quantitative estimate of drug-likeness (QED) is 0.536. The average Bonchev–Trinajstić information content (AvgIpc) is 2.24. The summed E-state index contributed by atoms with van der Waals surface area (Å²) in [6.45, 7) is 6.87. The maximum absolute atomic E-state index is 11.2. The molecule has 0 aromatic heterocycles. The summed E-state index contributed by atoms with van der Waals surface area (Å²) < 4.78 is 2.34. The second-order valence-electron chi connectivity index (χ2n) is 4.77. The largest absolute Gasteiger partial charge is 0.876 e. The van der Waals surface area contributed by atoms with Gasteiger partial charge in [0.15, 0.2) is 0 Å². The van der Waals surface area contributed by atoms with E-state index < -0.39 is 0 Å². The van der Waals surface area contributed by atoms with Gasteiger partial charge in [-0.25, -0.2) is 3.11 Å². The number of hydrogen-bond acceptors (Lipinski definition) is 3. The van der Waals surface area contributed by atoms with Crippen LogP contribution in [0.2, 0.25) is 0 Å². The van der Waals surface area contributed by atoms with Crippen molar-refractivity contribution in [1.82, 2.24) is 8.01 Å². The van der Waals surface area contributed by atoms with Crippen molar-refractivity contribution in [1.29, 1.82) is 0 Å². The molecule has 0 saturated carbocycles. The minimum absolute atomic E-state index is 0.242. The molecule has 1 aliphatic heterocycles. The third-order valence-corrected chi connectivity index (χ3v) is 4.63. The van der Waals surface area contributed by atoms with E-state index in [1.165, 1.54) is 0 Å². The molecule has 1 fully saturated rings. The van der Waals surface area contributed by atoms with Gasteiger partial charge < -0.3 is 5.11 Å². The Balaban J connectivity index is 1.98. The maximum atomic E-state index is 11.2. The molecule has 1 saturated heterocycles. The second-order valence-corrected chi connectivity index (χ2v) is 6.13. The molecule has 4 heteroatoms. The van der Waals surface area contributed by atoms with Gasteiger partial charge in [-0.1, -0.05) is 6.08 Å². The molecule has 3 nitrogen and oxygen atoms in total. The lowest BCUT2D eigenvalue weighted by Crippen LogP contribution is -2.54. The molecule has 0 aromatic rings. The number of nitrogens with zero attached hydrogens (tertiary/aromatic N) is 2. The predicted octanol–water partition coefficient (Wildman–Crippen LogP) is 1.14. The number of halogens is 1. The van der Waals surface area contributed by atoms with E-state index in [4.69, 9.17) is 0 Å². The minimum atomic E-state index is 0.242. The van der Waals surface area contributed by atoms with Crippen LogP contribution >= 0.6 is 22.9 Å². The molecule has 15 heavy (non-hydrogen) atoms. The third-order valence-electron chi connectivity index (χ3n) is 3.67. The van der Waals surface area contributed by atoms with Crippen LogP contribution in [0, 0.1) is 0 Å². The van der Waals surface area contributed by atoms with Crippen molar-refractivity contribution in [2.45, 2.75) is 31.7 Å². The molecule has 1 heterocycles. The summed E-state index contributed by atoms with van der Waals surface area (Å²) in [5.74, 6) is 0.333. The molecule has 0 radical (unpaired) electrons. The lowest BCUT2D eigenvalue weighted by atomic mass is 9.84. The summed E-state index contributed by atoms with van der Waals surface area (Å²) >= 11 is 2.39. The van der Waals surface area contributed by atoms with Crippen LogP contribution in [0.15, 0.2) is 11.8 Å². The zero-order chi connectivity index (χ0) is 10.9. The highest BCUT2D eigenvalue weighted by molar-refractivity contribution is 14.1. The number of rotatable bonds is 1. The van der Waals surface area contributed by atoms with Crippen LogP contribution in [0.1, 0.15) is 26.2 Å². The standard InChI is InChI=1S/C11H19IN2O/c1-11(4-2-10(15)3-5-11)13-6-8-14(12)9-7-13/h2,15H,3-9H2,1H3/p-1. The van der Waals surface area contributed by atoms with Gasteiger partial charge in [0.25, 0.3) is 0 Å². The second kappa shape index (κ2) is 4.59. The van der Waals surface area contributed by atoms with Crippen LogP contribution in [0.5, 0.6) is 0 Å². The van der Waals surface area contributed by atoms with Crippen molar-refractivity contribution >= 4 is 22.9 Å². The van der Waals surface area contributed by atoms with Crippen molar-refractivity contribution in [3.63, 3.8) is 0 Å². The monoisotopic (exact) mass is 321 g/mol. The fourth-order valence-electron chi connectivity index (χ4n) is 2.44. The normalized spacial score (nSPS) is 35.2. The Bertz CT molecular complexity index is 261. The lowest BCUT2D eigenvalue weighted by molar-refractivity contribution is -0.309. The molecule has 0 amide bonds. The van der Waals surface area contributed by atoms with E-state index in [2.05, 4.69) is 37.8 Å². The van der Waals surface area contributed by atoms with E-state index in [1.54, 1.807) is 0 Å². The molecule has 2 aliphatic rings. The number of hydrogen-bond donors (Lipinski definition) is 0. The first kappa shape index (κ1) is 11.7. The Morgan fingerprint density at radius 3 is 2.53 bits per heavy atom. The van der Waals surface area contributed by atoms with Gasteiger partial charge in [-0.2, -0.15) is 0 Å². The Labute approximate surface area is 106 Å². The summed E-state index contributed by atoms with van der Waals surface area (Å²) in [6.07, 6.45) is 4.59. The maximum Gasteiger partial charge on any atom is 0.0219 e. The molecule has 0 aromatic carbocycles. The van der Waals surface area contributed by atoms with Crippen LogP contribution in [0.3, 0.4) is 0 Å². The average molecular weight is 321 g/mol. The van der Waals surface area contributed by atoms with Crippen molar-refractivity contribution in [3.8, 4) is 0 Å². The molecule has 1 atom stereocenters. The van der Waals surface area contributed by atoms with E-state index in [1.807, 2.05) is 6.08 Å². The van der Waals surface area contributed by atoms with E-state index in [0.717, 1.165) is 45.4 Å². The van der Waals surface area contributed by atoms with E-state index in [9.17, 15) is 5.11 Å². The van der Waals surface area contributed by atoms with Gasteiger partial charge in [0.05, 0.1) is 0 Å². The van der Waals surface area contributed by atoms with Crippen LogP contribution in [0.25, 0.3) is 0 Å². The molecule has 1 unspecified atom stereocenters. The highest BCUT2D eigenvalue weighted by Gasteiger charge is 2.33. The molecule has 86 valence electrons. The highest BCUT2D eigenvalue weighted by atomic mass is 127. The van der Waals surface area contributed by atoms with Crippen LogP contribution < -0.4 is 5.11 Å². The fraction of sp³-hybridized carbons (Fsp3) is 0.818. The summed E-state index contributed by atoms with van der Waals surface area (Å²) in [5.41, 5.74) is 0.242.